The van der Waals surface area contributed by atoms with Crippen molar-refractivity contribution in [3.8, 4) is 0 Å². The van der Waals surface area contributed by atoms with Crippen LogP contribution in [0.2, 0.25) is 0 Å². The Labute approximate surface area is 118 Å². The van der Waals surface area contributed by atoms with Gasteiger partial charge in [-0.3, -0.25) is 9.59 Å². The minimum Gasteiger partial charge on any atom is -0.480 e. The third kappa shape index (κ3) is 2.57. The molecule has 1 heterocycles. The summed E-state index contributed by atoms with van der Waals surface area (Å²) in [5.41, 5.74) is 0.426. The third-order valence-corrected chi connectivity index (χ3v) is 4.78. The Balaban J connectivity index is 1.57. The molecule has 0 radical (unpaired) electrons. The molecule has 2 bridgehead atoms. The number of amides is 1. The summed E-state index contributed by atoms with van der Waals surface area (Å²) in [6.07, 6.45) is 6.86. The number of hydrogen-bond donors (Lipinski definition) is 2. The number of carboxylic acids is 1. The van der Waals surface area contributed by atoms with Gasteiger partial charge < -0.3 is 15.0 Å². The van der Waals surface area contributed by atoms with E-state index < -0.39 is 5.97 Å². The summed E-state index contributed by atoms with van der Waals surface area (Å²) in [4.78, 5) is 22.9. The Morgan fingerprint density at radius 3 is 2.85 bits per heavy atom. The molecule has 0 saturated heterocycles. The zero-order valence-electron chi connectivity index (χ0n) is 11.4. The van der Waals surface area contributed by atoms with Crippen molar-refractivity contribution < 1.29 is 14.7 Å². The Bertz CT molecular complexity index is 523. The molecule has 5 heteroatoms. The van der Waals surface area contributed by atoms with Crippen molar-refractivity contribution >= 4 is 11.9 Å². The maximum atomic E-state index is 12.1. The van der Waals surface area contributed by atoms with E-state index in [0.29, 0.717) is 11.6 Å². The molecule has 3 unspecified atom stereocenters. The predicted octanol–water partition coefficient (Wildman–Crippen LogP) is 1.74. The van der Waals surface area contributed by atoms with Crippen molar-refractivity contribution in [3.63, 3.8) is 0 Å². The number of fused-ring (bicyclic) bond motifs is 2. The first kappa shape index (κ1) is 13.2. The normalized spacial score (nSPS) is 27.7. The van der Waals surface area contributed by atoms with Gasteiger partial charge in [0.05, 0.1) is 0 Å². The first-order chi connectivity index (χ1) is 9.63. The highest BCUT2D eigenvalue weighted by Gasteiger charge is 2.39. The number of carbonyl (C=O) groups excluding carboxylic acids is 1. The van der Waals surface area contributed by atoms with Crippen LogP contribution in [0.15, 0.2) is 18.3 Å². The molecule has 108 valence electrons. The van der Waals surface area contributed by atoms with Crippen LogP contribution in [0.5, 0.6) is 0 Å². The number of rotatable bonds is 5. The molecule has 3 atom stereocenters. The summed E-state index contributed by atoms with van der Waals surface area (Å²) in [5, 5.41) is 11.8. The maximum absolute atomic E-state index is 12.1. The van der Waals surface area contributed by atoms with E-state index in [1.807, 2.05) is 0 Å². The van der Waals surface area contributed by atoms with E-state index in [2.05, 4.69) is 5.32 Å². The molecule has 1 aromatic heterocycles. The Kier molecular flexibility index (Phi) is 3.51. The van der Waals surface area contributed by atoms with Crippen molar-refractivity contribution in [1.29, 1.82) is 0 Å². The fourth-order valence-corrected chi connectivity index (χ4v) is 3.84. The lowest BCUT2D eigenvalue weighted by Crippen LogP contribution is -2.33. The first-order valence-electron chi connectivity index (χ1n) is 7.28. The lowest BCUT2D eigenvalue weighted by atomic mass is 9.89. The van der Waals surface area contributed by atoms with E-state index in [9.17, 15) is 9.59 Å². The Hall–Kier alpha value is -1.78. The van der Waals surface area contributed by atoms with Gasteiger partial charge in [0, 0.05) is 12.7 Å². The monoisotopic (exact) mass is 276 g/mol. The van der Waals surface area contributed by atoms with Crippen LogP contribution in [0.4, 0.5) is 0 Å². The van der Waals surface area contributed by atoms with Crippen molar-refractivity contribution in [3.05, 3.63) is 24.0 Å². The van der Waals surface area contributed by atoms with Gasteiger partial charge in [0.15, 0.2) is 0 Å². The van der Waals surface area contributed by atoms with E-state index in [0.717, 1.165) is 18.4 Å². The summed E-state index contributed by atoms with van der Waals surface area (Å²) in [7, 11) is 0. The van der Waals surface area contributed by atoms with Crippen molar-refractivity contribution in [2.75, 3.05) is 6.54 Å². The molecule has 0 aliphatic heterocycles. The number of hydrogen-bond acceptors (Lipinski definition) is 2. The predicted molar refractivity (Wildman–Crippen MR) is 73.3 cm³/mol. The summed E-state index contributed by atoms with van der Waals surface area (Å²) < 4.78 is 1.47. The first-order valence-corrected chi connectivity index (χ1v) is 7.28. The van der Waals surface area contributed by atoms with Crippen molar-refractivity contribution in [1.82, 2.24) is 9.88 Å². The van der Waals surface area contributed by atoms with E-state index in [1.54, 1.807) is 18.3 Å². The average Bonchev–Trinajstić information content (AvgIpc) is 3.10. The van der Waals surface area contributed by atoms with Crippen LogP contribution in [0.25, 0.3) is 0 Å². The number of carboxylic acid groups (broad SMARTS) is 1. The lowest BCUT2D eigenvalue weighted by Gasteiger charge is -2.21. The molecule has 0 aromatic carbocycles. The van der Waals surface area contributed by atoms with Gasteiger partial charge in [-0.25, -0.2) is 0 Å². The third-order valence-electron chi connectivity index (χ3n) is 4.78. The van der Waals surface area contributed by atoms with Crippen LogP contribution in [0.3, 0.4) is 0 Å². The zero-order valence-corrected chi connectivity index (χ0v) is 11.4. The smallest absolute Gasteiger partial charge is 0.323 e. The van der Waals surface area contributed by atoms with E-state index in [1.165, 1.54) is 30.3 Å². The number of carbonyl (C=O) groups is 2. The van der Waals surface area contributed by atoms with Crippen LogP contribution in [-0.2, 0) is 11.3 Å². The second kappa shape index (κ2) is 5.31. The zero-order chi connectivity index (χ0) is 14.1. The highest BCUT2D eigenvalue weighted by Crippen LogP contribution is 2.47. The van der Waals surface area contributed by atoms with Gasteiger partial charge in [-0.05, 0) is 49.1 Å². The highest BCUT2D eigenvalue weighted by molar-refractivity contribution is 5.93. The summed E-state index contributed by atoms with van der Waals surface area (Å²) in [5.74, 6) is 1.16. The van der Waals surface area contributed by atoms with Crippen LogP contribution >= 0.6 is 0 Å². The minimum absolute atomic E-state index is 0.168. The molecule has 0 spiro atoms. The maximum Gasteiger partial charge on any atom is 0.323 e. The topological polar surface area (TPSA) is 71.3 Å². The largest absolute Gasteiger partial charge is 0.480 e. The molecule has 1 amide bonds. The van der Waals surface area contributed by atoms with Gasteiger partial charge in [-0.15, -0.1) is 0 Å². The molecule has 3 rings (SSSR count). The summed E-state index contributed by atoms with van der Waals surface area (Å²) in [6, 6.07) is 3.37. The molecular formula is C15H20N2O3. The van der Waals surface area contributed by atoms with Gasteiger partial charge in [-0.2, -0.15) is 0 Å². The Morgan fingerprint density at radius 2 is 2.20 bits per heavy atom. The molecule has 2 aliphatic rings. The number of aromatic nitrogens is 1. The van der Waals surface area contributed by atoms with E-state index in [4.69, 9.17) is 5.11 Å². The molecule has 20 heavy (non-hydrogen) atoms. The van der Waals surface area contributed by atoms with Crippen LogP contribution in [-0.4, -0.2) is 28.1 Å². The van der Waals surface area contributed by atoms with Gasteiger partial charge >= 0.3 is 5.97 Å². The van der Waals surface area contributed by atoms with Crippen molar-refractivity contribution in [2.24, 2.45) is 17.8 Å². The second-order valence-corrected chi connectivity index (χ2v) is 6.06. The average molecular weight is 276 g/mol. The van der Waals surface area contributed by atoms with E-state index >= 15 is 0 Å². The Morgan fingerprint density at radius 1 is 1.35 bits per heavy atom. The van der Waals surface area contributed by atoms with Gasteiger partial charge in [0.25, 0.3) is 5.91 Å². The van der Waals surface area contributed by atoms with Crippen molar-refractivity contribution in [2.45, 2.75) is 32.2 Å². The molecule has 1 aromatic rings. The lowest BCUT2D eigenvalue weighted by molar-refractivity contribution is -0.137. The minimum atomic E-state index is -0.941. The fraction of sp³-hybridized carbons (Fsp3) is 0.600. The number of nitrogens with zero attached hydrogens (tertiary/aromatic N) is 1. The van der Waals surface area contributed by atoms with Gasteiger partial charge in [0.1, 0.15) is 12.2 Å². The van der Waals surface area contributed by atoms with Crippen LogP contribution in [0.1, 0.15) is 36.2 Å². The van der Waals surface area contributed by atoms with E-state index in [-0.39, 0.29) is 12.5 Å². The molecule has 2 saturated carbocycles. The molecule has 2 N–H and O–H groups in total. The van der Waals surface area contributed by atoms with Crippen LogP contribution in [0, 0.1) is 17.8 Å². The number of aliphatic carboxylic acids is 1. The SMILES string of the molecule is O=C(O)Cn1cccc1C(=O)NCC1CC2CCC1C2. The van der Waals surface area contributed by atoms with Gasteiger partial charge in [-0.1, -0.05) is 6.42 Å². The quantitative estimate of drug-likeness (QED) is 0.860. The summed E-state index contributed by atoms with van der Waals surface area (Å²) >= 11 is 0. The standard InChI is InChI=1S/C15H20N2O3/c18-14(19)9-17-5-1-2-13(17)15(20)16-8-12-7-10-3-4-11(12)6-10/h1-2,5,10-12H,3-4,6-9H2,(H,16,20)(H,18,19). The molecule has 5 nitrogen and oxygen atoms in total. The second-order valence-electron chi connectivity index (χ2n) is 6.06. The molecular weight excluding hydrogens is 256 g/mol. The molecule has 2 fully saturated rings. The van der Waals surface area contributed by atoms with Gasteiger partial charge in [0.2, 0.25) is 0 Å². The molecule has 2 aliphatic carbocycles. The summed E-state index contributed by atoms with van der Waals surface area (Å²) in [6.45, 7) is 0.544. The number of nitrogens with one attached hydrogen (secondary N) is 1. The highest BCUT2D eigenvalue weighted by atomic mass is 16.4. The van der Waals surface area contributed by atoms with Crippen LogP contribution < -0.4 is 5.32 Å². The fourth-order valence-electron chi connectivity index (χ4n) is 3.84.